The Kier molecular flexibility index (Phi) is 4.54. The van der Waals surface area contributed by atoms with Gasteiger partial charge in [-0.3, -0.25) is 0 Å². The van der Waals surface area contributed by atoms with Gasteiger partial charge in [-0.1, -0.05) is 12.1 Å². The largest absolute Gasteiger partial charge is 0.384 e. The molecule has 0 aliphatic heterocycles. The summed E-state index contributed by atoms with van der Waals surface area (Å²) in [6, 6.07) is 9.46. The summed E-state index contributed by atoms with van der Waals surface area (Å²) in [6.07, 6.45) is 0.341. The van der Waals surface area contributed by atoms with Crippen LogP contribution in [-0.2, 0) is 16.4 Å². The minimum absolute atomic E-state index is 0.0181. The Hall–Kier alpha value is -1.99. The Morgan fingerprint density at radius 1 is 1.05 bits per heavy atom. The molecule has 0 spiro atoms. The maximum absolute atomic E-state index is 13.0. The first-order valence-corrected chi connectivity index (χ1v) is 7.71. The first kappa shape index (κ1) is 15.4. The highest BCUT2D eigenvalue weighted by molar-refractivity contribution is 7.89. The van der Waals surface area contributed by atoms with E-state index in [1.807, 2.05) is 0 Å². The van der Waals surface area contributed by atoms with E-state index in [0.717, 1.165) is 6.07 Å². The van der Waals surface area contributed by atoms with Crippen molar-refractivity contribution in [3.63, 3.8) is 0 Å². The van der Waals surface area contributed by atoms with E-state index in [-0.39, 0.29) is 4.90 Å². The van der Waals surface area contributed by atoms with Crippen molar-refractivity contribution in [3.8, 4) is 0 Å². The molecule has 4 nitrogen and oxygen atoms in total. The Labute approximate surface area is 121 Å². The Morgan fingerprint density at radius 3 is 2.29 bits per heavy atom. The molecule has 0 amide bonds. The van der Waals surface area contributed by atoms with E-state index in [1.54, 1.807) is 18.2 Å². The number of rotatable bonds is 5. The zero-order valence-corrected chi connectivity index (χ0v) is 11.8. The van der Waals surface area contributed by atoms with E-state index < -0.39 is 21.7 Å². The van der Waals surface area contributed by atoms with Crippen molar-refractivity contribution in [1.29, 1.82) is 0 Å². The Morgan fingerprint density at radius 2 is 1.67 bits per heavy atom. The van der Waals surface area contributed by atoms with Crippen LogP contribution in [0.1, 0.15) is 5.56 Å². The second-order valence-corrected chi connectivity index (χ2v) is 6.03. The molecule has 2 rings (SSSR count). The predicted octanol–water partition coefficient (Wildman–Crippen LogP) is 2.27. The first-order chi connectivity index (χ1) is 9.86. The molecule has 0 unspecified atom stereocenters. The van der Waals surface area contributed by atoms with Crippen LogP contribution in [0.25, 0.3) is 0 Å². The van der Waals surface area contributed by atoms with Crippen LogP contribution >= 0.6 is 0 Å². The van der Waals surface area contributed by atoms with Gasteiger partial charge in [0.1, 0.15) is 16.5 Å². The molecule has 0 atom stereocenters. The maximum Gasteiger partial charge on any atom is 0.240 e. The lowest BCUT2D eigenvalue weighted by atomic mass is 10.1. The molecule has 0 radical (unpaired) electrons. The monoisotopic (exact) mass is 312 g/mol. The van der Waals surface area contributed by atoms with Crippen molar-refractivity contribution >= 4 is 15.7 Å². The van der Waals surface area contributed by atoms with E-state index >= 15 is 0 Å². The molecule has 0 aliphatic rings. The molecule has 0 saturated carbocycles. The highest BCUT2D eigenvalue weighted by Crippen LogP contribution is 2.19. The van der Waals surface area contributed by atoms with Gasteiger partial charge >= 0.3 is 0 Å². The van der Waals surface area contributed by atoms with Gasteiger partial charge in [-0.15, -0.1) is 0 Å². The molecule has 21 heavy (non-hydrogen) atoms. The number of sulfonamides is 1. The molecular weight excluding hydrogens is 298 g/mol. The molecule has 0 aromatic heterocycles. The average Bonchev–Trinajstić information content (AvgIpc) is 2.37. The lowest BCUT2D eigenvalue weighted by molar-refractivity contribution is 0.580. The van der Waals surface area contributed by atoms with Crippen LogP contribution in [0.15, 0.2) is 47.4 Å². The Balaban J connectivity index is 2.07. The third-order valence-corrected chi connectivity index (χ3v) is 3.81. The zero-order chi connectivity index (χ0) is 15.5. The number of primary sulfonamides is 1. The van der Waals surface area contributed by atoms with Gasteiger partial charge < -0.3 is 5.32 Å². The SMILES string of the molecule is NS(=O)(=O)c1ccccc1NCCc1cc(F)cc(F)c1. The molecule has 0 saturated heterocycles. The molecule has 112 valence electrons. The topological polar surface area (TPSA) is 72.2 Å². The second kappa shape index (κ2) is 6.19. The number of hydrogen-bond donors (Lipinski definition) is 2. The Bertz CT molecular complexity index is 728. The number of nitrogens with one attached hydrogen (secondary N) is 1. The van der Waals surface area contributed by atoms with Crippen molar-refractivity contribution in [1.82, 2.24) is 0 Å². The lowest BCUT2D eigenvalue weighted by Crippen LogP contribution is -2.16. The quantitative estimate of drug-likeness (QED) is 0.889. The van der Waals surface area contributed by atoms with Crippen molar-refractivity contribution < 1.29 is 17.2 Å². The highest BCUT2D eigenvalue weighted by Gasteiger charge is 2.12. The van der Waals surface area contributed by atoms with Crippen LogP contribution in [-0.4, -0.2) is 15.0 Å². The number of benzene rings is 2. The number of nitrogens with two attached hydrogens (primary N) is 1. The van der Waals surface area contributed by atoms with Gasteiger partial charge in [0.25, 0.3) is 0 Å². The van der Waals surface area contributed by atoms with E-state index in [1.165, 1.54) is 18.2 Å². The third kappa shape index (κ3) is 4.24. The molecule has 0 aliphatic carbocycles. The normalized spacial score (nSPS) is 11.4. The molecule has 2 aromatic rings. The minimum atomic E-state index is -3.82. The van der Waals surface area contributed by atoms with E-state index in [9.17, 15) is 17.2 Å². The smallest absolute Gasteiger partial charge is 0.240 e. The van der Waals surface area contributed by atoms with Gasteiger partial charge in [-0.05, 0) is 36.2 Å². The maximum atomic E-state index is 13.0. The molecular formula is C14H14F2N2O2S. The fraction of sp³-hybridized carbons (Fsp3) is 0.143. The van der Waals surface area contributed by atoms with Gasteiger partial charge in [0.15, 0.2) is 0 Å². The number of hydrogen-bond acceptors (Lipinski definition) is 3. The van der Waals surface area contributed by atoms with Gasteiger partial charge in [-0.2, -0.15) is 0 Å². The van der Waals surface area contributed by atoms with Crippen LogP contribution in [0.4, 0.5) is 14.5 Å². The van der Waals surface area contributed by atoms with Gasteiger partial charge in [0, 0.05) is 12.6 Å². The summed E-state index contributed by atoms with van der Waals surface area (Å²) in [7, 11) is -3.82. The number of anilines is 1. The lowest BCUT2D eigenvalue weighted by Gasteiger charge is -2.10. The van der Waals surface area contributed by atoms with Gasteiger partial charge in [0.2, 0.25) is 10.0 Å². The zero-order valence-electron chi connectivity index (χ0n) is 11.0. The van der Waals surface area contributed by atoms with Crippen molar-refractivity contribution in [2.45, 2.75) is 11.3 Å². The summed E-state index contributed by atoms with van der Waals surface area (Å²) in [5, 5.41) is 8.02. The summed E-state index contributed by atoms with van der Waals surface area (Å²) in [5.41, 5.74) is 0.838. The van der Waals surface area contributed by atoms with Crippen LogP contribution < -0.4 is 10.5 Å². The average molecular weight is 312 g/mol. The number of halogens is 2. The molecule has 7 heteroatoms. The van der Waals surface area contributed by atoms with Crippen molar-refractivity contribution in [2.24, 2.45) is 5.14 Å². The van der Waals surface area contributed by atoms with E-state index in [4.69, 9.17) is 5.14 Å². The standard InChI is InChI=1S/C14H14F2N2O2S/c15-11-7-10(8-12(16)9-11)5-6-18-13-3-1-2-4-14(13)21(17,19)20/h1-4,7-9,18H,5-6H2,(H2,17,19,20). The molecule has 0 bridgehead atoms. The summed E-state index contributed by atoms with van der Waals surface area (Å²) in [5.74, 6) is -1.29. The van der Waals surface area contributed by atoms with Crippen LogP contribution in [0.2, 0.25) is 0 Å². The van der Waals surface area contributed by atoms with Crippen molar-refractivity contribution in [3.05, 3.63) is 59.7 Å². The molecule has 0 heterocycles. The summed E-state index contributed by atoms with van der Waals surface area (Å²) in [4.78, 5) is -0.0181. The van der Waals surface area contributed by atoms with Crippen molar-refractivity contribution in [2.75, 3.05) is 11.9 Å². The third-order valence-electron chi connectivity index (χ3n) is 2.85. The molecule has 2 aromatic carbocycles. The minimum Gasteiger partial charge on any atom is -0.384 e. The van der Waals surface area contributed by atoms with Crippen LogP contribution in [0.5, 0.6) is 0 Å². The summed E-state index contributed by atoms with van der Waals surface area (Å²) < 4.78 is 48.9. The molecule has 0 fully saturated rings. The van der Waals surface area contributed by atoms with E-state index in [0.29, 0.717) is 24.2 Å². The fourth-order valence-corrected chi connectivity index (χ4v) is 2.67. The highest BCUT2D eigenvalue weighted by atomic mass is 32.2. The van der Waals surface area contributed by atoms with Gasteiger partial charge in [-0.25, -0.2) is 22.3 Å². The first-order valence-electron chi connectivity index (χ1n) is 6.17. The number of para-hydroxylation sites is 1. The van der Waals surface area contributed by atoms with Crippen LogP contribution in [0.3, 0.4) is 0 Å². The van der Waals surface area contributed by atoms with Gasteiger partial charge in [0.05, 0.1) is 5.69 Å². The fourth-order valence-electron chi connectivity index (χ4n) is 1.96. The predicted molar refractivity (Wildman–Crippen MR) is 76.4 cm³/mol. The summed E-state index contributed by atoms with van der Waals surface area (Å²) in [6.45, 7) is 0.315. The van der Waals surface area contributed by atoms with Crippen LogP contribution in [0, 0.1) is 11.6 Å². The summed E-state index contributed by atoms with van der Waals surface area (Å²) >= 11 is 0. The van der Waals surface area contributed by atoms with E-state index in [2.05, 4.69) is 5.32 Å². The molecule has 3 N–H and O–H groups in total. The second-order valence-electron chi connectivity index (χ2n) is 4.50.